The summed E-state index contributed by atoms with van der Waals surface area (Å²) in [6.07, 6.45) is 1.23. The lowest BCUT2D eigenvalue weighted by atomic mass is 10.0. The summed E-state index contributed by atoms with van der Waals surface area (Å²) in [6.45, 7) is 1.90. The third kappa shape index (κ3) is 3.46. The minimum atomic E-state index is -0.534. The Kier molecular flexibility index (Phi) is 4.68. The molecule has 1 fully saturated rings. The summed E-state index contributed by atoms with van der Waals surface area (Å²) in [6, 6.07) is 11.7. The summed E-state index contributed by atoms with van der Waals surface area (Å²) in [5, 5.41) is 11.1. The topological polar surface area (TPSA) is 78.1 Å². The Bertz CT molecular complexity index is 1060. The number of fused-ring (bicyclic) bond motifs is 1. The van der Waals surface area contributed by atoms with Crippen LogP contribution in [0.1, 0.15) is 28.0 Å². The van der Waals surface area contributed by atoms with Crippen LogP contribution in [0, 0.1) is 5.82 Å². The fourth-order valence-electron chi connectivity index (χ4n) is 3.38. The van der Waals surface area contributed by atoms with Crippen molar-refractivity contribution in [3.8, 4) is 0 Å². The van der Waals surface area contributed by atoms with Gasteiger partial charge in [0.1, 0.15) is 5.82 Å². The molecule has 1 aromatic heterocycles. The quantitative estimate of drug-likeness (QED) is 0.744. The first-order valence-electron chi connectivity index (χ1n) is 8.88. The van der Waals surface area contributed by atoms with E-state index in [4.69, 9.17) is 0 Å². The van der Waals surface area contributed by atoms with Crippen molar-refractivity contribution in [1.29, 1.82) is 0 Å². The van der Waals surface area contributed by atoms with E-state index in [1.54, 1.807) is 29.2 Å². The molecule has 0 aliphatic carbocycles. The molecule has 27 heavy (non-hydrogen) atoms. The smallest absolute Gasteiger partial charge is 0.272 e. The predicted molar refractivity (Wildman–Crippen MR) is 100 cm³/mol. The highest BCUT2D eigenvalue weighted by Gasteiger charge is 2.21. The Morgan fingerprint density at radius 3 is 2.78 bits per heavy atom. The molecule has 6 nitrogen and oxygen atoms in total. The fourth-order valence-corrected chi connectivity index (χ4v) is 3.38. The predicted octanol–water partition coefficient (Wildman–Crippen LogP) is 2.05. The first kappa shape index (κ1) is 17.4. The van der Waals surface area contributed by atoms with Gasteiger partial charge in [-0.15, -0.1) is 0 Å². The van der Waals surface area contributed by atoms with Crippen LogP contribution < -0.4 is 10.9 Å². The summed E-state index contributed by atoms with van der Waals surface area (Å²) < 4.78 is 14.3. The monoisotopic (exact) mass is 366 g/mol. The van der Waals surface area contributed by atoms with E-state index in [1.165, 1.54) is 6.07 Å². The molecule has 0 radical (unpaired) electrons. The van der Waals surface area contributed by atoms with Gasteiger partial charge in [0.15, 0.2) is 0 Å². The van der Waals surface area contributed by atoms with Crippen molar-refractivity contribution in [3.05, 3.63) is 75.5 Å². The zero-order chi connectivity index (χ0) is 18.8. The van der Waals surface area contributed by atoms with Gasteiger partial charge in [-0.05, 0) is 36.7 Å². The van der Waals surface area contributed by atoms with E-state index in [1.807, 2.05) is 12.1 Å². The van der Waals surface area contributed by atoms with Gasteiger partial charge in [0.2, 0.25) is 0 Å². The Balaban J connectivity index is 1.67. The number of aromatic amines is 1. The van der Waals surface area contributed by atoms with E-state index in [2.05, 4.69) is 15.5 Å². The van der Waals surface area contributed by atoms with Crippen LogP contribution in [-0.2, 0) is 6.42 Å². The Morgan fingerprint density at radius 2 is 2.00 bits per heavy atom. The van der Waals surface area contributed by atoms with Crippen molar-refractivity contribution in [2.45, 2.75) is 12.8 Å². The molecular formula is C20H19FN4O2. The molecule has 0 bridgehead atoms. The van der Waals surface area contributed by atoms with Crippen LogP contribution in [0.5, 0.6) is 0 Å². The highest BCUT2D eigenvalue weighted by Crippen LogP contribution is 2.19. The van der Waals surface area contributed by atoms with Gasteiger partial charge < -0.3 is 4.90 Å². The third-order valence-corrected chi connectivity index (χ3v) is 4.78. The zero-order valence-electron chi connectivity index (χ0n) is 14.7. The van der Waals surface area contributed by atoms with E-state index < -0.39 is 5.82 Å². The van der Waals surface area contributed by atoms with Gasteiger partial charge in [0, 0.05) is 18.4 Å². The number of carbonyl (C=O) groups excluding carboxylic acids is 1. The molecule has 3 aromatic rings. The fraction of sp³-hybridized carbons (Fsp3) is 0.250. The molecule has 2 heterocycles. The normalized spacial score (nSPS) is 14.5. The second-order valence-electron chi connectivity index (χ2n) is 6.62. The lowest BCUT2D eigenvalue weighted by molar-refractivity contribution is 0.0707. The van der Waals surface area contributed by atoms with Crippen molar-refractivity contribution >= 4 is 16.7 Å². The lowest BCUT2D eigenvalue weighted by Crippen LogP contribution is -2.45. The second-order valence-corrected chi connectivity index (χ2v) is 6.62. The van der Waals surface area contributed by atoms with Gasteiger partial charge in [0.25, 0.3) is 11.5 Å². The average molecular weight is 366 g/mol. The van der Waals surface area contributed by atoms with Crippen LogP contribution >= 0.6 is 0 Å². The number of benzene rings is 2. The molecule has 2 N–H and O–H groups in total. The number of H-pyrrole nitrogens is 1. The molecule has 4 rings (SSSR count). The Labute approximate surface area is 155 Å². The standard InChI is InChI=1S/C20H19FN4O2/c21-17-7-6-13(10-16(17)20(27)25-9-3-8-22-12-25)11-18-14-4-1-2-5-15(14)19(26)24-23-18/h1-2,4-7,10,22H,3,8-9,11-12H2,(H,24,26). The van der Waals surface area contributed by atoms with Crippen LogP contribution in [-0.4, -0.2) is 40.8 Å². The Morgan fingerprint density at radius 1 is 1.19 bits per heavy atom. The van der Waals surface area contributed by atoms with Crippen molar-refractivity contribution in [2.75, 3.05) is 19.8 Å². The minimum Gasteiger partial charge on any atom is -0.326 e. The minimum absolute atomic E-state index is 0.0601. The maximum absolute atomic E-state index is 14.3. The van der Waals surface area contributed by atoms with Crippen LogP contribution in [0.25, 0.3) is 10.8 Å². The number of hydrogen-bond donors (Lipinski definition) is 2. The van der Waals surface area contributed by atoms with E-state index in [0.29, 0.717) is 30.7 Å². The van der Waals surface area contributed by atoms with E-state index in [-0.39, 0.29) is 17.0 Å². The SMILES string of the molecule is O=C(c1cc(Cc2n[nH]c(=O)c3ccccc23)ccc1F)N1CCCNC1. The van der Waals surface area contributed by atoms with Gasteiger partial charge in [-0.1, -0.05) is 24.3 Å². The molecule has 1 aliphatic rings. The van der Waals surface area contributed by atoms with Gasteiger partial charge in [-0.3, -0.25) is 14.9 Å². The highest BCUT2D eigenvalue weighted by atomic mass is 19.1. The van der Waals surface area contributed by atoms with Gasteiger partial charge in [-0.25, -0.2) is 9.49 Å². The largest absolute Gasteiger partial charge is 0.326 e. The third-order valence-electron chi connectivity index (χ3n) is 4.78. The molecule has 2 aromatic carbocycles. The highest BCUT2D eigenvalue weighted by molar-refractivity contribution is 5.94. The number of hydrogen-bond acceptors (Lipinski definition) is 4. The van der Waals surface area contributed by atoms with E-state index in [9.17, 15) is 14.0 Å². The molecule has 1 saturated heterocycles. The molecule has 7 heteroatoms. The average Bonchev–Trinajstić information content (AvgIpc) is 2.72. The second kappa shape index (κ2) is 7.28. The molecule has 1 aliphatic heterocycles. The lowest BCUT2D eigenvalue weighted by Gasteiger charge is -2.27. The van der Waals surface area contributed by atoms with E-state index in [0.717, 1.165) is 23.9 Å². The number of amides is 1. The van der Waals surface area contributed by atoms with Crippen molar-refractivity contribution < 1.29 is 9.18 Å². The van der Waals surface area contributed by atoms with Crippen LogP contribution in [0.15, 0.2) is 47.3 Å². The molecule has 0 unspecified atom stereocenters. The maximum Gasteiger partial charge on any atom is 0.272 e. The molecule has 0 atom stereocenters. The number of nitrogens with one attached hydrogen (secondary N) is 2. The first-order chi connectivity index (χ1) is 13.1. The van der Waals surface area contributed by atoms with Crippen molar-refractivity contribution in [3.63, 3.8) is 0 Å². The first-order valence-corrected chi connectivity index (χ1v) is 8.88. The number of halogens is 1. The van der Waals surface area contributed by atoms with Gasteiger partial charge in [0.05, 0.1) is 23.3 Å². The van der Waals surface area contributed by atoms with Crippen LogP contribution in [0.4, 0.5) is 4.39 Å². The van der Waals surface area contributed by atoms with Crippen LogP contribution in [0.3, 0.4) is 0 Å². The molecule has 0 spiro atoms. The number of carbonyl (C=O) groups is 1. The summed E-state index contributed by atoms with van der Waals surface area (Å²) in [5.41, 5.74) is 1.25. The molecule has 0 saturated carbocycles. The number of rotatable bonds is 3. The number of nitrogens with zero attached hydrogens (tertiary/aromatic N) is 2. The maximum atomic E-state index is 14.3. The molecule has 1 amide bonds. The summed E-state index contributed by atoms with van der Waals surface area (Å²) >= 11 is 0. The summed E-state index contributed by atoms with van der Waals surface area (Å²) in [7, 11) is 0. The zero-order valence-corrected chi connectivity index (χ0v) is 14.7. The molecule has 138 valence electrons. The summed E-state index contributed by atoms with van der Waals surface area (Å²) in [4.78, 5) is 26.2. The molecular weight excluding hydrogens is 347 g/mol. The van der Waals surface area contributed by atoms with Crippen molar-refractivity contribution in [1.82, 2.24) is 20.4 Å². The van der Waals surface area contributed by atoms with E-state index >= 15 is 0 Å². The van der Waals surface area contributed by atoms with Crippen molar-refractivity contribution in [2.24, 2.45) is 0 Å². The van der Waals surface area contributed by atoms with Gasteiger partial charge >= 0.3 is 0 Å². The number of aromatic nitrogens is 2. The van der Waals surface area contributed by atoms with Gasteiger partial charge in [-0.2, -0.15) is 5.10 Å². The Hall–Kier alpha value is -3.06. The summed E-state index contributed by atoms with van der Waals surface area (Å²) in [5.74, 6) is -0.852. The van der Waals surface area contributed by atoms with Crippen LogP contribution in [0.2, 0.25) is 0 Å².